The van der Waals surface area contributed by atoms with Crippen molar-refractivity contribution in [2.45, 2.75) is 31.0 Å². The van der Waals surface area contributed by atoms with Crippen molar-refractivity contribution in [2.24, 2.45) is 0 Å². The molecular formula is C23H21N3OS. The number of aryl methyl sites for hydroxylation is 2. The standard InChI is InChI=1S/C23H21N3OS/c1-16-14-17(2)25-22(21(16)15-24)28-18(3)23(27)26(19-10-6-4-7-11-19)20-12-8-5-9-13-20/h4-14,18H,1-3H3. The number of rotatable bonds is 5. The van der Waals surface area contributed by atoms with Crippen LogP contribution >= 0.6 is 11.8 Å². The van der Waals surface area contributed by atoms with Gasteiger partial charge in [0.05, 0.1) is 10.8 Å². The number of nitriles is 1. The zero-order valence-electron chi connectivity index (χ0n) is 16.1. The first-order valence-electron chi connectivity index (χ1n) is 9.00. The number of anilines is 2. The van der Waals surface area contributed by atoms with Gasteiger partial charge in [-0.2, -0.15) is 5.26 Å². The van der Waals surface area contributed by atoms with Crippen molar-refractivity contribution in [3.63, 3.8) is 0 Å². The molecule has 0 saturated carbocycles. The van der Waals surface area contributed by atoms with Crippen molar-refractivity contribution in [1.29, 1.82) is 5.26 Å². The molecule has 5 heteroatoms. The number of pyridine rings is 1. The Kier molecular flexibility index (Phi) is 6.13. The summed E-state index contributed by atoms with van der Waals surface area (Å²) in [5, 5.41) is 9.69. The molecule has 1 amide bonds. The molecule has 28 heavy (non-hydrogen) atoms. The van der Waals surface area contributed by atoms with E-state index in [4.69, 9.17) is 0 Å². The minimum Gasteiger partial charge on any atom is -0.280 e. The fourth-order valence-electron chi connectivity index (χ4n) is 2.98. The number of thioether (sulfide) groups is 1. The van der Waals surface area contributed by atoms with Crippen LogP contribution in [-0.4, -0.2) is 16.1 Å². The molecule has 140 valence electrons. The monoisotopic (exact) mass is 387 g/mol. The number of aromatic nitrogens is 1. The van der Waals surface area contributed by atoms with Crippen molar-refractivity contribution in [1.82, 2.24) is 4.98 Å². The van der Waals surface area contributed by atoms with Crippen LogP contribution in [0, 0.1) is 25.2 Å². The number of hydrogen-bond acceptors (Lipinski definition) is 4. The highest BCUT2D eigenvalue weighted by Crippen LogP contribution is 2.32. The SMILES string of the molecule is Cc1cc(C)c(C#N)c(SC(C)C(=O)N(c2ccccc2)c2ccccc2)n1. The molecular weight excluding hydrogens is 366 g/mol. The van der Waals surface area contributed by atoms with Crippen molar-refractivity contribution in [3.05, 3.63) is 83.6 Å². The van der Waals surface area contributed by atoms with Gasteiger partial charge in [-0.3, -0.25) is 9.69 Å². The van der Waals surface area contributed by atoms with E-state index in [1.807, 2.05) is 87.5 Å². The van der Waals surface area contributed by atoms with E-state index in [0.29, 0.717) is 10.6 Å². The fourth-order valence-corrected chi connectivity index (χ4v) is 4.04. The Morgan fingerprint density at radius 3 is 2.07 bits per heavy atom. The molecule has 1 heterocycles. The van der Waals surface area contributed by atoms with Gasteiger partial charge in [-0.05, 0) is 56.7 Å². The maximum absolute atomic E-state index is 13.4. The van der Waals surface area contributed by atoms with E-state index in [9.17, 15) is 10.1 Å². The normalized spacial score (nSPS) is 11.5. The second kappa shape index (κ2) is 8.73. The van der Waals surface area contributed by atoms with E-state index < -0.39 is 5.25 Å². The third kappa shape index (κ3) is 4.24. The second-order valence-corrected chi connectivity index (χ2v) is 7.81. The number of amides is 1. The molecule has 0 fully saturated rings. The molecule has 2 aromatic carbocycles. The zero-order chi connectivity index (χ0) is 20.1. The Morgan fingerprint density at radius 2 is 1.57 bits per heavy atom. The molecule has 0 aliphatic carbocycles. The summed E-state index contributed by atoms with van der Waals surface area (Å²) in [5.41, 5.74) is 3.85. The molecule has 0 spiro atoms. The number of carbonyl (C=O) groups excluding carboxylic acids is 1. The van der Waals surface area contributed by atoms with Crippen LogP contribution in [-0.2, 0) is 4.79 Å². The first-order valence-corrected chi connectivity index (χ1v) is 9.88. The predicted molar refractivity (Wildman–Crippen MR) is 114 cm³/mol. The van der Waals surface area contributed by atoms with E-state index in [1.165, 1.54) is 11.8 Å². The number of para-hydroxylation sites is 2. The molecule has 0 aliphatic rings. The number of nitrogens with zero attached hydrogens (tertiary/aromatic N) is 3. The summed E-state index contributed by atoms with van der Waals surface area (Å²) in [6.07, 6.45) is 0. The van der Waals surface area contributed by atoms with Gasteiger partial charge >= 0.3 is 0 Å². The summed E-state index contributed by atoms with van der Waals surface area (Å²) in [5.74, 6) is -0.0627. The maximum atomic E-state index is 13.4. The van der Waals surface area contributed by atoms with Crippen LogP contribution in [0.1, 0.15) is 23.7 Å². The van der Waals surface area contributed by atoms with Gasteiger partial charge < -0.3 is 0 Å². The first kappa shape index (κ1) is 19.7. The molecule has 0 bridgehead atoms. The maximum Gasteiger partial charge on any atom is 0.244 e. The average Bonchev–Trinajstić information content (AvgIpc) is 2.69. The lowest BCUT2D eigenvalue weighted by Crippen LogP contribution is -2.32. The van der Waals surface area contributed by atoms with Gasteiger partial charge in [-0.25, -0.2) is 4.98 Å². The second-order valence-electron chi connectivity index (χ2n) is 6.48. The fraction of sp³-hybridized carbons (Fsp3) is 0.174. The molecule has 1 aromatic heterocycles. The summed E-state index contributed by atoms with van der Waals surface area (Å²) < 4.78 is 0. The highest BCUT2D eigenvalue weighted by molar-refractivity contribution is 8.00. The summed E-state index contributed by atoms with van der Waals surface area (Å²) in [6.45, 7) is 5.64. The molecule has 0 aliphatic heterocycles. The molecule has 3 rings (SSSR count). The Balaban J connectivity index is 1.95. The van der Waals surface area contributed by atoms with Gasteiger partial charge in [0, 0.05) is 17.1 Å². The molecule has 0 N–H and O–H groups in total. The Labute approximate surface area is 169 Å². The van der Waals surface area contributed by atoms with Crippen LogP contribution in [0.4, 0.5) is 11.4 Å². The molecule has 0 radical (unpaired) electrons. The van der Waals surface area contributed by atoms with Crippen LogP contribution in [0.2, 0.25) is 0 Å². The van der Waals surface area contributed by atoms with Crippen molar-refractivity contribution in [3.8, 4) is 6.07 Å². The molecule has 4 nitrogen and oxygen atoms in total. The van der Waals surface area contributed by atoms with Gasteiger partial charge in [0.15, 0.2) is 0 Å². The minimum absolute atomic E-state index is 0.0627. The summed E-state index contributed by atoms with van der Waals surface area (Å²) >= 11 is 1.32. The third-order valence-corrected chi connectivity index (χ3v) is 5.38. The Hall–Kier alpha value is -3.10. The van der Waals surface area contributed by atoms with E-state index in [2.05, 4.69) is 11.1 Å². The Morgan fingerprint density at radius 1 is 1.04 bits per heavy atom. The number of benzene rings is 2. The first-order chi connectivity index (χ1) is 13.5. The van der Waals surface area contributed by atoms with E-state index in [1.54, 1.807) is 4.90 Å². The zero-order valence-corrected chi connectivity index (χ0v) is 16.9. The summed E-state index contributed by atoms with van der Waals surface area (Å²) in [4.78, 5) is 19.6. The number of carbonyl (C=O) groups is 1. The highest BCUT2D eigenvalue weighted by Gasteiger charge is 2.26. The smallest absolute Gasteiger partial charge is 0.244 e. The van der Waals surface area contributed by atoms with Gasteiger partial charge in [-0.1, -0.05) is 48.2 Å². The van der Waals surface area contributed by atoms with Crippen LogP contribution in [0.25, 0.3) is 0 Å². The summed E-state index contributed by atoms with van der Waals surface area (Å²) in [6, 6.07) is 23.3. The van der Waals surface area contributed by atoms with Crippen molar-refractivity contribution >= 4 is 29.0 Å². The molecule has 0 saturated heterocycles. The van der Waals surface area contributed by atoms with E-state index in [0.717, 1.165) is 22.6 Å². The van der Waals surface area contributed by atoms with Gasteiger partial charge in [-0.15, -0.1) is 0 Å². The van der Waals surface area contributed by atoms with Crippen LogP contribution in [0.3, 0.4) is 0 Å². The highest BCUT2D eigenvalue weighted by atomic mass is 32.2. The topological polar surface area (TPSA) is 57.0 Å². The lowest BCUT2D eigenvalue weighted by Gasteiger charge is -2.26. The van der Waals surface area contributed by atoms with Crippen LogP contribution < -0.4 is 4.90 Å². The third-order valence-electron chi connectivity index (χ3n) is 4.31. The molecule has 3 aromatic rings. The number of hydrogen-bond donors (Lipinski definition) is 0. The predicted octanol–water partition coefficient (Wildman–Crippen LogP) is 5.42. The molecule has 1 atom stereocenters. The minimum atomic E-state index is -0.416. The van der Waals surface area contributed by atoms with Crippen molar-refractivity contribution < 1.29 is 4.79 Å². The Bertz CT molecular complexity index is 974. The lowest BCUT2D eigenvalue weighted by atomic mass is 10.1. The van der Waals surface area contributed by atoms with Gasteiger partial charge in [0.2, 0.25) is 5.91 Å². The van der Waals surface area contributed by atoms with E-state index in [-0.39, 0.29) is 5.91 Å². The molecule has 1 unspecified atom stereocenters. The average molecular weight is 388 g/mol. The lowest BCUT2D eigenvalue weighted by molar-refractivity contribution is -0.117. The summed E-state index contributed by atoms with van der Waals surface area (Å²) in [7, 11) is 0. The quantitative estimate of drug-likeness (QED) is 0.549. The van der Waals surface area contributed by atoms with Crippen LogP contribution in [0.5, 0.6) is 0 Å². The van der Waals surface area contributed by atoms with E-state index >= 15 is 0 Å². The van der Waals surface area contributed by atoms with Crippen molar-refractivity contribution in [2.75, 3.05) is 4.90 Å². The van der Waals surface area contributed by atoms with Gasteiger partial charge in [0.25, 0.3) is 0 Å². The largest absolute Gasteiger partial charge is 0.280 e. The van der Waals surface area contributed by atoms with Crippen LogP contribution in [0.15, 0.2) is 71.8 Å². The van der Waals surface area contributed by atoms with Gasteiger partial charge in [0.1, 0.15) is 11.1 Å².